The van der Waals surface area contributed by atoms with Gasteiger partial charge < -0.3 is 15.2 Å². The Morgan fingerprint density at radius 3 is 2.36 bits per heavy atom. The van der Waals surface area contributed by atoms with E-state index in [4.69, 9.17) is 0 Å². The summed E-state index contributed by atoms with van der Waals surface area (Å²) < 4.78 is 26.7. The molecule has 0 bridgehead atoms. The van der Waals surface area contributed by atoms with E-state index < -0.39 is 16.0 Å². The highest BCUT2D eigenvalue weighted by atomic mass is 32.2. The molecular formula is C13H11N2O5S2-. The van der Waals surface area contributed by atoms with Crippen LogP contribution in [0.4, 0.5) is 5.69 Å². The molecule has 0 aliphatic heterocycles. The molecule has 7 nitrogen and oxygen atoms in total. The SMILES string of the molecule is CNC(=O)c1cc(S(=O)(=O)Nc2ccc(C(=O)[O-])cc2)cs1. The number of carbonyl (C=O) groups excluding carboxylic acids is 2. The van der Waals surface area contributed by atoms with Crippen molar-refractivity contribution in [1.29, 1.82) is 0 Å². The molecule has 1 aromatic carbocycles. The normalized spacial score (nSPS) is 11.0. The predicted molar refractivity (Wildman–Crippen MR) is 79.3 cm³/mol. The number of hydrogen-bond acceptors (Lipinski definition) is 6. The van der Waals surface area contributed by atoms with Crippen molar-refractivity contribution < 1.29 is 23.1 Å². The number of hydrogen-bond donors (Lipinski definition) is 2. The Morgan fingerprint density at radius 2 is 1.82 bits per heavy atom. The molecule has 1 amide bonds. The van der Waals surface area contributed by atoms with E-state index in [1.807, 2.05) is 0 Å². The van der Waals surface area contributed by atoms with Gasteiger partial charge in [0.05, 0.1) is 15.7 Å². The zero-order chi connectivity index (χ0) is 16.3. The number of rotatable bonds is 5. The van der Waals surface area contributed by atoms with E-state index >= 15 is 0 Å². The Bertz CT molecular complexity index is 809. The van der Waals surface area contributed by atoms with Crippen molar-refractivity contribution in [2.24, 2.45) is 0 Å². The number of amides is 1. The lowest BCUT2D eigenvalue weighted by molar-refractivity contribution is -0.255. The van der Waals surface area contributed by atoms with E-state index in [0.29, 0.717) is 0 Å². The van der Waals surface area contributed by atoms with Crippen LogP contribution in [0.2, 0.25) is 0 Å². The highest BCUT2D eigenvalue weighted by Gasteiger charge is 2.18. The monoisotopic (exact) mass is 339 g/mol. The highest BCUT2D eigenvalue weighted by Crippen LogP contribution is 2.22. The molecule has 2 aromatic rings. The van der Waals surface area contributed by atoms with Crippen LogP contribution in [0.5, 0.6) is 0 Å². The van der Waals surface area contributed by atoms with Crippen LogP contribution in [0.3, 0.4) is 0 Å². The zero-order valence-corrected chi connectivity index (χ0v) is 13.0. The standard InChI is InChI=1S/C13H12N2O5S2/c1-14-12(16)11-6-10(7-21-11)22(19,20)15-9-4-2-8(3-5-9)13(17)18/h2-7,15H,1H3,(H,14,16)(H,17,18)/p-1. The summed E-state index contributed by atoms with van der Waals surface area (Å²) in [6.07, 6.45) is 0. The predicted octanol–water partition coefficient (Wildman–Crippen LogP) is 0.272. The molecule has 0 radical (unpaired) electrons. The summed E-state index contributed by atoms with van der Waals surface area (Å²) in [6.45, 7) is 0. The number of carboxylic acid groups (broad SMARTS) is 1. The number of anilines is 1. The maximum atomic E-state index is 12.2. The smallest absolute Gasteiger partial charge is 0.262 e. The molecule has 9 heteroatoms. The van der Waals surface area contributed by atoms with Gasteiger partial charge in [0.25, 0.3) is 15.9 Å². The topological polar surface area (TPSA) is 115 Å². The summed E-state index contributed by atoms with van der Waals surface area (Å²) in [5.74, 6) is -1.72. The number of aromatic carboxylic acids is 1. The first-order valence-electron chi connectivity index (χ1n) is 5.98. The molecule has 22 heavy (non-hydrogen) atoms. The van der Waals surface area contributed by atoms with Crippen molar-refractivity contribution in [2.45, 2.75) is 4.90 Å². The summed E-state index contributed by atoms with van der Waals surface area (Å²) in [6, 6.07) is 6.36. The molecule has 0 spiro atoms. The van der Waals surface area contributed by atoms with E-state index in [9.17, 15) is 23.1 Å². The third kappa shape index (κ3) is 3.43. The molecule has 2 rings (SSSR count). The molecular weight excluding hydrogens is 328 g/mol. The molecule has 1 heterocycles. The highest BCUT2D eigenvalue weighted by molar-refractivity contribution is 7.92. The number of thiophene rings is 1. The fourth-order valence-corrected chi connectivity index (χ4v) is 3.87. The molecule has 116 valence electrons. The number of nitrogens with one attached hydrogen (secondary N) is 2. The fourth-order valence-electron chi connectivity index (χ4n) is 1.59. The van der Waals surface area contributed by atoms with Crippen molar-refractivity contribution in [3.05, 3.63) is 46.2 Å². The summed E-state index contributed by atoms with van der Waals surface area (Å²) in [5, 5.41) is 14.4. The quantitative estimate of drug-likeness (QED) is 0.811. The first-order chi connectivity index (χ1) is 10.3. The molecule has 0 saturated heterocycles. The molecule has 0 fully saturated rings. The van der Waals surface area contributed by atoms with Crippen molar-refractivity contribution in [2.75, 3.05) is 11.8 Å². The first-order valence-corrected chi connectivity index (χ1v) is 8.34. The van der Waals surface area contributed by atoms with Crippen LogP contribution in [0.15, 0.2) is 40.6 Å². The first kappa shape index (κ1) is 16.0. The number of sulfonamides is 1. The Hall–Kier alpha value is -2.39. The second kappa shape index (κ2) is 6.16. The van der Waals surface area contributed by atoms with E-state index in [1.54, 1.807) is 0 Å². The van der Waals surface area contributed by atoms with Crippen LogP contribution in [0.1, 0.15) is 20.0 Å². The maximum Gasteiger partial charge on any atom is 0.262 e. The summed E-state index contributed by atoms with van der Waals surface area (Å²) in [5.41, 5.74) is 0.151. The molecule has 0 atom stereocenters. The molecule has 0 unspecified atom stereocenters. The van der Waals surface area contributed by atoms with Crippen molar-refractivity contribution in [3.63, 3.8) is 0 Å². The molecule has 0 saturated carbocycles. The van der Waals surface area contributed by atoms with Gasteiger partial charge in [0.2, 0.25) is 0 Å². The van der Waals surface area contributed by atoms with E-state index in [2.05, 4.69) is 10.0 Å². The zero-order valence-electron chi connectivity index (χ0n) is 11.3. The van der Waals surface area contributed by atoms with Crippen LogP contribution in [-0.2, 0) is 10.0 Å². The van der Waals surface area contributed by atoms with Gasteiger partial charge in [-0.2, -0.15) is 0 Å². The number of carbonyl (C=O) groups is 2. The lowest BCUT2D eigenvalue weighted by atomic mass is 10.2. The molecule has 1 aromatic heterocycles. The minimum atomic E-state index is -3.85. The van der Waals surface area contributed by atoms with Gasteiger partial charge in [-0.05, 0) is 23.8 Å². The summed E-state index contributed by atoms with van der Waals surface area (Å²) in [7, 11) is -2.40. The largest absolute Gasteiger partial charge is 0.545 e. The van der Waals surface area contributed by atoms with Gasteiger partial charge in [-0.15, -0.1) is 11.3 Å². The maximum absolute atomic E-state index is 12.2. The van der Waals surface area contributed by atoms with Crippen LogP contribution in [0, 0.1) is 0 Å². The Morgan fingerprint density at radius 1 is 1.18 bits per heavy atom. The second-order valence-corrected chi connectivity index (χ2v) is 6.79. The van der Waals surface area contributed by atoms with Gasteiger partial charge in [-0.1, -0.05) is 12.1 Å². The Balaban J connectivity index is 2.22. The number of benzene rings is 1. The van der Waals surface area contributed by atoms with Gasteiger partial charge in [-0.25, -0.2) is 8.42 Å². The fraction of sp³-hybridized carbons (Fsp3) is 0.0769. The Labute approximate surface area is 130 Å². The van der Waals surface area contributed by atoms with Crippen LogP contribution < -0.4 is 15.1 Å². The summed E-state index contributed by atoms with van der Waals surface area (Å²) >= 11 is 1.01. The van der Waals surface area contributed by atoms with Gasteiger partial charge >= 0.3 is 0 Å². The van der Waals surface area contributed by atoms with Crippen molar-refractivity contribution >= 4 is 38.9 Å². The van der Waals surface area contributed by atoms with Gasteiger partial charge in [0.15, 0.2) is 0 Å². The van der Waals surface area contributed by atoms with E-state index in [0.717, 1.165) is 11.3 Å². The van der Waals surface area contributed by atoms with Gasteiger partial charge in [0, 0.05) is 18.1 Å². The van der Waals surface area contributed by atoms with E-state index in [1.165, 1.54) is 42.8 Å². The average Bonchev–Trinajstić information content (AvgIpc) is 2.97. The minimum absolute atomic E-state index is 0.0416. The van der Waals surface area contributed by atoms with Crippen molar-refractivity contribution in [3.8, 4) is 0 Å². The Kier molecular flexibility index (Phi) is 4.48. The van der Waals surface area contributed by atoms with Gasteiger partial charge in [-0.3, -0.25) is 9.52 Å². The van der Waals surface area contributed by atoms with Gasteiger partial charge in [0.1, 0.15) is 0 Å². The van der Waals surface area contributed by atoms with Crippen molar-refractivity contribution in [1.82, 2.24) is 5.32 Å². The molecule has 2 N–H and O–H groups in total. The second-order valence-electron chi connectivity index (χ2n) is 4.20. The molecule has 0 aliphatic carbocycles. The lowest BCUT2D eigenvalue weighted by Crippen LogP contribution is -2.22. The number of carboxylic acids is 1. The lowest BCUT2D eigenvalue weighted by Gasteiger charge is -2.08. The van der Waals surface area contributed by atoms with Crippen LogP contribution in [0.25, 0.3) is 0 Å². The third-order valence-electron chi connectivity index (χ3n) is 2.71. The minimum Gasteiger partial charge on any atom is -0.545 e. The summed E-state index contributed by atoms with van der Waals surface area (Å²) in [4.78, 5) is 22.3. The van der Waals surface area contributed by atoms with Crippen LogP contribution >= 0.6 is 11.3 Å². The average molecular weight is 339 g/mol. The third-order valence-corrected chi connectivity index (χ3v) is 5.15. The van der Waals surface area contributed by atoms with Crippen LogP contribution in [-0.4, -0.2) is 27.3 Å². The van der Waals surface area contributed by atoms with E-state index in [-0.39, 0.29) is 26.9 Å². The molecule has 0 aliphatic rings.